The molecule has 2 aliphatic rings. The molecule has 1 aliphatic carbocycles. The van der Waals surface area contributed by atoms with Crippen molar-refractivity contribution in [3.8, 4) is 0 Å². The van der Waals surface area contributed by atoms with E-state index >= 15 is 0 Å². The first-order valence-corrected chi connectivity index (χ1v) is 11.0. The molecule has 2 nitrogen and oxygen atoms in total. The van der Waals surface area contributed by atoms with E-state index in [0.29, 0.717) is 6.61 Å². The molecule has 0 aromatic heterocycles. The van der Waals surface area contributed by atoms with Gasteiger partial charge in [-0.1, -0.05) is 50.0 Å². The molecule has 1 atom stereocenters. The van der Waals surface area contributed by atoms with E-state index in [1.54, 1.807) is 0 Å². The summed E-state index contributed by atoms with van der Waals surface area (Å²) in [5, 5.41) is 0. The van der Waals surface area contributed by atoms with Gasteiger partial charge in [0.15, 0.2) is 5.90 Å². The van der Waals surface area contributed by atoms with Crippen LogP contribution in [0.5, 0.6) is 0 Å². The Labute approximate surface area is 129 Å². The molecule has 0 amide bonds. The minimum Gasteiger partial charge on any atom is -0.478 e. The molecule has 0 bridgehead atoms. The summed E-state index contributed by atoms with van der Waals surface area (Å²) >= 11 is 0. The summed E-state index contributed by atoms with van der Waals surface area (Å²) in [6.45, 7) is 7.79. The van der Waals surface area contributed by atoms with E-state index in [1.807, 2.05) is 6.07 Å². The topological polar surface area (TPSA) is 21.6 Å². The summed E-state index contributed by atoms with van der Waals surface area (Å²) in [5.74, 6) is 2.06. The minimum atomic E-state index is -1.35. The molecular weight excluding hydrogens is 274 g/mol. The number of aliphatic imine (C=N–C) groups is 1. The SMILES string of the molecule is C[Si](C)(C)[C]1[CH][CH][CH][C]1C1=N[C@@H](Cc2ccccc2)CO1. The third-order valence-corrected chi connectivity index (χ3v) is 5.93. The molecule has 109 valence electrons. The molecule has 1 saturated carbocycles. The standard InChI is InChI=1S/C18H22NOSi/c1-21(2,3)17-11-7-10-16(17)18-19-15(13-20-18)12-14-8-5-4-6-9-14/h4-11,15H,12-13H2,1-3H3/t15-/m0/s1. The number of hydrogen-bond donors (Lipinski definition) is 0. The van der Waals surface area contributed by atoms with Gasteiger partial charge in [0.05, 0.1) is 20.0 Å². The van der Waals surface area contributed by atoms with Crippen LogP contribution in [0.25, 0.3) is 0 Å². The Morgan fingerprint density at radius 1 is 1.14 bits per heavy atom. The zero-order chi connectivity index (χ0) is 14.9. The average molecular weight is 296 g/mol. The van der Waals surface area contributed by atoms with Gasteiger partial charge in [-0.25, -0.2) is 4.99 Å². The number of ether oxygens (including phenoxy) is 1. The van der Waals surface area contributed by atoms with Crippen LogP contribution in [0, 0.1) is 30.7 Å². The normalized spacial score (nSPS) is 24.1. The summed E-state index contributed by atoms with van der Waals surface area (Å²) in [6, 6.07) is 10.8. The van der Waals surface area contributed by atoms with E-state index in [1.165, 1.54) is 17.0 Å². The van der Waals surface area contributed by atoms with E-state index in [9.17, 15) is 0 Å². The summed E-state index contributed by atoms with van der Waals surface area (Å²) in [6.07, 6.45) is 7.46. The van der Waals surface area contributed by atoms with Crippen molar-refractivity contribution in [2.45, 2.75) is 32.1 Å². The van der Waals surface area contributed by atoms with Crippen molar-refractivity contribution in [2.24, 2.45) is 4.99 Å². The van der Waals surface area contributed by atoms with E-state index in [2.05, 4.69) is 63.2 Å². The Bertz CT molecular complexity index is 506. The maximum atomic E-state index is 5.89. The first-order chi connectivity index (χ1) is 10.0. The van der Waals surface area contributed by atoms with Gasteiger partial charge in [0.1, 0.15) is 6.61 Å². The number of nitrogens with zero attached hydrogens (tertiary/aromatic N) is 1. The van der Waals surface area contributed by atoms with Crippen LogP contribution in [0.15, 0.2) is 35.3 Å². The van der Waals surface area contributed by atoms with E-state index in [-0.39, 0.29) is 6.04 Å². The quantitative estimate of drug-likeness (QED) is 0.777. The Hall–Kier alpha value is -1.09. The Morgan fingerprint density at radius 3 is 2.62 bits per heavy atom. The van der Waals surface area contributed by atoms with Crippen molar-refractivity contribution in [3.05, 3.63) is 66.6 Å². The zero-order valence-electron chi connectivity index (χ0n) is 13.0. The van der Waals surface area contributed by atoms with Gasteiger partial charge in [-0.05, 0) is 36.8 Å². The third-order valence-electron chi connectivity index (χ3n) is 3.88. The van der Waals surface area contributed by atoms with Gasteiger partial charge in [0, 0.05) is 0 Å². The van der Waals surface area contributed by atoms with Gasteiger partial charge in [-0.2, -0.15) is 0 Å². The highest BCUT2D eigenvalue weighted by Gasteiger charge is 2.43. The number of hydrogen-bond acceptors (Lipinski definition) is 2. The van der Waals surface area contributed by atoms with Gasteiger partial charge in [0.2, 0.25) is 0 Å². The first-order valence-electron chi connectivity index (χ1n) is 7.55. The van der Waals surface area contributed by atoms with Crippen molar-refractivity contribution in [1.82, 2.24) is 0 Å². The van der Waals surface area contributed by atoms with Crippen molar-refractivity contribution in [2.75, 3.05) is 6.61 Å². The molecule has 21 heavy (non-hydrogen) atoms. The highest BCUT2D eigenvalue weighted by atomic mass is 28.3. The molecule has 3 heteroatoms. The van der Waals surface area contributed by atoms with Gasteiger partial charge in [-0.3, -0.25) is 0 Å². The van der Waals surface area contributed by atoms with Crippen LogP contribution < -0.4 is 0 Å². The summed E-state index contributed by atoms with van der Waals surface area (Å²) < 4.78 is 5.89. The predicted molar refractivity (Wildman–Crippen MR) is 90.1 cm³/mol. The molecule has 3 rings (SSSR count). The van der Waals surface area contributed by atoms with E-state index in [4.69, 9.17) is 9.73 Å². The fraction of sp³-hybridized carbons (Fsp3) is 0.333. The molecule has 0 unspecified atom stereocenters. The highest BCUT2D eigenvalue weighted by molar-refractivity contribution is 6.83. The van der Waals surface area contributed by atoms with Crippen molar-refractivity contribution >= 4 is 14.0 Å². The zero-order valence-corrected chi connectivity index (χ0v) is 14.0. The lowest BCUT2D eigenvalue weighted by Gasteiger charge is -2.28. The second-order valence-electron chi connectivity index (χ2n) is 6.69. The Balaban J connectivity index is 1.68. The molecule has 5 radical (unpaired) electrons. The third kappa shape index (κ3) is 3.39. The van der Waals surface area contributed by atoms with Crippen molar-refractivity contribution in [3.63, 3.8) is 0 Å². The lowest BCUT2D eigenvalue weighted by Crippen LogP contribution is -2.35. The fourth-order valence-corrected chi connectivity index (χ4v) is 4.41. The van der Waals surface area contributed by atoms with Crippen LogP contribution in [-0.2, 0) is 11.2 Å². The van der Waals surface area contributed by atoms with Gasteiger partial charge < -0.3 is 4.74 Å². The number of benzene rings is 1. The van der Waals surface area contributed by atoms with Crippen LogP contribution in [-0.4, -0.2) is 26.6 Å². The maximum absolute atomic E-state index is 5.89. The lowest BCUT2D eigenvalue weighted by molar-refractivity contribution is 0.314. The molecule has 1 fully saturated rings. The fourth-order valence-electron chi connectivity index (χ4n) is 2.81. The summed E-state index contributed by atoms with van der Waals surface area (Å²) in [4.78, 5) is 4.82. The van der Waals surface area contributed by atoms with Crippen LogP contribution in [0.3, 0.4) is 0 Å². The molecule has 1 aromatic carbocycles. The molecule has 0 spiro atoms. The number of rotatable bonds is 4. The van der Waals surface area contributed by atoms with E-state index < -0.39 is 8.07 Å². The van der Waals surface area contributed by atoms with Gasteiger partial charge in [0.25, 0.3) is 0 Å². The van der Waals surface area contributed by atoms with Gasteiger partial charge in [-0.15, -0.1) is 0 Å². The summed E-state index contributed by atoms with van der Waals surface area (Å²) in [7, 11) is -1.35. The molecule has 1 heterocycles. The van der Waals surface area contributed by atoms with Crippen LogP contribution in [0.1, 0.15) is 5.56 Å². The minimum absolute atomic E-state index is 0.242. The molecule has 1 aromatic rings. The maximum Gasteiger partial charge on any atom is 0.191 e. The summed E-state index contributed by atoms with van der Waals surface area (Å²) in [5.41, 5.74) is 2.77. The van der Waals surface area contributed by atoms with E-state index in [0.717, 1.165) is 12.3 Å². The lowest BCUT2D eigenvalue weighted by atomic mass is 10.1. The Kier molecular flexibility index (Phi) is 4.20. The smallest absolute Gasteiger partial charge is 0.191 e. The van der Waals surface area contributed by atoms with Gasteiger partial charge >= 0.3 is 0 Å². The predicted octanol–water partition coefficient (Wildman–Crippen LogP) is 3.68. The molecule has 1 aliphatic heterocycles. The van der Waals surface area contributed by atoms with Crippen molar-refractivity contribution < 1.29 is 4.74 Å². The largest absolute Gasteiger partial charge is 0.478 e. The second-order valence-corrected chi connectivity index (χ2v) is 11.7. The molecular formula is C18H22NOSi. The second kappa shape index (κ2) is 5.96. The van der Waals surface area contributed by atoms with Crippen LogP contribution in [0.4, 0.5) is 0 Å². The average Bonchev–Trinajstić information content (AvgIpc) is 3.07. The first kappa shape index (κ1) is 14.8. The molecule has 0 saturated heterocycles. The Morgan fingerprint density at radius 2 is 1.90 bits per heavy atom. The molecule has 0 N–H and O–H groups in total. The van der Waals surface area contributed by atoms with Crippen LogP contribution >= 0.6 is 0 Å². The van der Waals surface area contributed by atoms with Crippen molar-refractivity contribution in [1.29, 1.82) is 0 Å². The monoisotopic (exact) mass is 296 g/mol. The van der Waals surface area contributed by atoms with Crippen LogP contribution in [0.2, 0.25) is 19.6 Å². The highest BCUT2D eigenvalue weighted by Crippen LogP contribution is 2.41.